The molecule has 2 aliphatic rings. The standard InChI is InChI=1S/C15H18O2/c1-2-17-15(16)14-12-7-3-5-10(12)9-11-6-4-8-13(11)14/h9H,2-8H2,1H3. The highest BCUT2D eigenvalue weighted by atomic mass is 16.5. The average Bonchev–Trinajstić information content (AvgIpc) is 2.92. The number of aryl methyl sites for hydroxylation is 2. The molecule has 0 unspecified atom stereocenters. The van der Waals surface area contributed by atoms with E-state index in [-0.39, 0.29) is 5.97 Å². The lowest BCUT2D eigenvalue weighted by molar-refractivity contribution is 0.0524. The smallest absolute Gasteiger partial charge is 0.338 e. The summed E-state index contributed by atoms with van der Waals surface area (Å²) in [5, 5.41) is 0. The van der Waals surface area contributed by atoms with Crippen molar-refractivity contribution in [1.29, 1.82) is 0 Å². The fourth-order valence-electron chi connectivity index (χ4n) is 3.27. The monoisotopic (exact) mass is 230 g/mol. The molecule has 1 aromatic rings. The Bertz CT molecular complexity index is 442. The molecular formula is C15H18O2. The number of rotatable bonds is 2. The van der Waals surface area contributed by atoms with Gasteiger partial charge in [-0.2, -0.15) is 0 Å². The van der Waals surface area contributed by atoms with Gasteiger partial charge in [-0.3, -0.25) is 0 Å². The second-order valence-corrected chi connectivity index (χ2v) is 4.95. The minimum absolute atomic E-state index is 0.0931. The number of carbonyl (C=O) groups excluding carboxylic acids is 1. The highest BCUT2D eigenvalue weighted by molar-refractivity contribution is 5.94. The van der Waals surface area contributed by atoms with Gasteiger partial charge in [0.15, 0.2) is 0 Å². The summed E-state index contributed by atoms with van der Waals surface area (Å²) in [5.74, 6) is -0.0931. The van der Waals surface area contributed by atoms with Gasteiger partial charge in [-0.1, -0.05) is 6.07 Å². The van der Waals surface area contributed by atoms with E-state index in [0.29, 0.717) is 6.61 Å². The molecule has 3 rings (SSSR count). The zero-order valence-corrected chi connectivity index (χ0v) is 10.3. The van der Waals surface area contributed by atoms with Crippen LogP contribution in [-0.4, -0.2) is 12.6 Å². The molecule has 0 heterocycles. The molecule has 0 amide bonds. The first kappa shape index (κ1) is 10.8. The predicted molar refractivity (Wildman–Crippen MR) is 66.4 cm³/mol. The zero-order valence-electron chi connectivity index (χ0n) is 10.3. The number of carbonyl (C=O) groups is 1. The molecule has 2 aliphatic carbocycles. The molecule has 1 aromatic carbocycles. The van der Waals surface area contributed by atoms with Gasteiger partial charge in [-0.25, -0.2) is 4.79 Å². The van der Waals surface area contributed by atoms with Gasteiger partial charge in [-0.15, -0.1) is 0 Å². The Hall–Kier alpha value is -1.31. The maximum Gasteiger partial charge on any atom is 0.338 e. The van der Waals surface area contributed by atoms with Crippen LogP contribution in [0.2, 0.25) is 0 Å². The SMILES string of the molecule is CCOC(=O)c1c2c(cc3c1CCC3)CCC2. The van der Waals surface area contributed by atoms with Crippen molar-refractivity contribution < 1.29 is 9.53 Å². The molecule has 0 bridgehead atoms. The van der Waals surface area contributed by atoms with E-state index in [1.54, 1.807) is 0 Å². The van der Waals surface area contributed by atoms with E-state index in [1.165, 1.54) is 35.1 Å². The summed E-state index contributed by atoms with van der Waals surface area (Å²) < 4.78 is 5.24. The quantitative estimate of drug-likeness (QED) is 0.730. The zero-order chi connectivity index (χ0) is 11.8. The van der Waals surface area contributed by atoms with E-state index < -0.39 is 0 Å². The number of ether oxygens (including phenoxy) is 1. The lowest BCUT2D eigenvalue weighted by Crippen LogP contribution is -2.12. The number of esters is 1. The van der Waals surface area contributed by atoms with Crippen molar-refractivity contribution in [3.63, 3.8) is 0 Å². The van der Waals surface area contributed by atoms with Crippen LogP contribution in [0.4, 0.5) is 0 Å². The molecule has 0 aromatic heterocycles. The van der Waals surface area contributed by atoms with Gasteiger partial charge < -0.3 is 4.74 Å². The summed E-state index contributed by atoms with van der Waals surface area (Å²) >= 11 is 0. The summed E-state index contributed by atoms with van der Waals surface area (Å²) in [4.78, 5) is 12.1. The lowest BCUT2D eigenvalue weighted by atomic mass is 9.94. The molecule has 0 N–H and O–H groups in total. The predicted octanol–water partition coefficient (Wildman–Crippen LogP) is 2.84. The molecule has 0 radical (unpaired) electrons. The van der Waals surface area contributed by atoms with E-state index in [1.807, 2.05) is 6.92 Å². The Labute approximate surface area is 102 Å². The average molecular weight is 230 g/mol. The van der Waals surface area contributed by atoms with Crippen molar-refractivity contribution in [1.82, 2.24) is 0 Å². The molecule has 0 spiro atoms. The van der Waals surface area contributed by atoms with Crippen molar-refractivity contribution in [2.75, 3.05) is 6.61 Å². The van der Waals surface area contributed by atoms with Gasteiger partial charge in [0.05, 0.1) is 12.2 Å². The van der Waals surface area contributed by atoms with Crippen LogP contribution >= 0.6 is 0 Å². The molecule has 2 heteroatoms. The van der Waals surface area contributed by atoms with Crippen LogP contribution in [0.5, 0.6) is 0 Å². The Morgan fingerprint density at radius 3 is 2.24 bits per heavy atom. The lowest BCUT2D eigenvalue weighted by Gasteiger charge is -2.13. The number of benzene rings is 1. The van der Waals surface area contributed by atoms with E-state index in [2.05, 4.69) is 6.07 Å². The highest BCUT2D eigenvalue weighted by Crippen LogP contribution is 2.35. The van der Waals surface area contributed by atoms with Gasteiger partial charge in [0.2, 0.25) is 0 Å². The van der Waals surface area contributed by atoms with Crippen LogP contribution in [0.25, 0.3) is 0 Å². The van der Waals surface area contributed by atoms with Gasteiger partial charge in [0, 0.05) is 0 Å². The van der Waals surface area contributed by atoms with Gasteiger partial charge in [0.1, 0.15) is 0 Å². The number of fused-ring (bicyclic) bond motifs is 2. The first-order valence-electron chi connectivity index (χ1n) is 6.65. The number of hydrogen-bond acceptors (Lipinski definition) is 2. The van der Waals surface area contributed by atoms with Crippen molar-refractivity contribution in [2.24, 2.45) is 0 Å². The third kappa shape index (κ3) is 1.67. The minimum atomic E-state index is -0.0931. The van der Waals surface area contributed by atoms with Crippen LogP contribution in [0.1, 0.15) is 52.4 Å². The molecule has 90 valence electrons. The highest BCUT2D eigenvalue weighted by Gasteiger charge is 2.27. The van der Waals surface area contributed by atoms with E-state index in [0.717, 1.165) is 31.2 Å². The maximum absolute atomic E-state index is 12.1. The van der Waals surface area contributed by atoms with Gasteiger partial charge >= 0.3 is 5.97 Å². The molecule has 0 fully saturated rings. The topological polar surface area (TPSA) is 26.3 Å². The second-order valence-electron chi connectivity index (χ2n) is 4.95. The van der Waals surface area contributed by atoms with Crippen molar-refractivity contribution in [3.8, 4) is 0 Å². The third-order valence-corrected chi connectivity index (χ3v) is 3.95. The first-order valence-corrected chi connectivity index (χ1v) is 6.65. The van der Waals surface area contributed by atoms with Gasteiger partial charge in [0.25, 0.3) is 0 Å². The van der Waals surface area contributed by atoms with Crippen LogP contribution in [0.15, 0.2) is 6.07 Å². The van der Waals surface area contributed by atoms with Crippen LogP contribution < -0.4 is 0 Å². The number of hydrogen-bond donors (Lipinski definition) is 0. The molecule has 0 saturated carbocycles. The van der Waals surface area contributed by atoms with Gasteiger partial charge in [-0.05, 0) is 67.7 Å². The largest absolute Gasteiger partial charge is 0.462 e. The fraction of sp³-hybridized carbons (Fsp3) is 0.533. The molecule has 2 nitrogen and oxygen atoms in total. The van der Waals surface area contributed by atoms with Crippen molar-refractivity contribution >= 4 is 5.97 Å². The fourth-order valence-corrected chi connectivity index (χ4v) is 3.27. The van der Waals surface area contributed by atoms with Crippen molar-refractivity contribution in [2.45, 2.75) is 45.4 Å². The minimum Gasteiger partial charge on any atom is -0.462 e. The maximum atomic E-state index is 12.1. The van der Waals surface area contributed by atoms with E-state index >= 15 is 0 Å². The second kappa shape index (κ2) is 4.17. The van der Waals surface area contributed by atoms with Crippen LogP contribution in [0.3, 0.4) is 0 Å². The molecule has 0 atom stereocenters. The van der Waals surface area contributed by atoms with Crippen LogP contribution in [-0.2, 0) is 30.4 Å². The van der Waals surface area contributed by atoms with E-state index in [4.69, 9.17) is 4.74 Å². The van der Waals surface area contributed by atoms with Crippen molar-refractivity contribution in [3.05, 3.63) is 33.9 Å². The Kier molecular flexibility index (Phi) is 2.65. The first-order chi connectivity index (χ1) is 8.31. The Morgan fingerprint density at radius 1 is 1.12 bits per heavy atom. The summed E-state index contributed by atoms with van der Waals surface area (Å²) in [6.07, 6.45) is 6.74. The summed E-state index contributed by atoms with van der Waals surface area (Å²) in [6.45, 7) is 2.35. The Morgan fingerprint density at radius 2 is 1.71 bits per heavy atom. The normalized spacial score (nSPS) is 16.8. The molecule has 0 aliphatic heterocycles. The molecule has 17 heavy (non-hydrogen) atoms. The summed E-state index contributed by atoms with van der Waals surface area (Å²) in [6, 6.07) is 2.34. The molecule has 0 saturated heterocycles. The molecular weight excluding hydrogens is 212 g/mol. The van der Waals surface area contributed by atoms with Crippen LogP contribution in [0, 0.1) is 0 Å². The third-order valence-electron chi connectivity index (χ3n) is 3.95. The van der Waals surface area contributed by atoms with E-state index in [9.17, 15) is 4.79 Å². The summed E-state index contributed by atoms with van der Waals surface area (Å²) in [7, 11) is 0. The Balaban J connectivity index is 2.14. The summed E-state index contributed by atoms with van der Waals surface area (Å²) in [5.41, 5.74) is 6.28.